The molecule has 1 unspecified atom stereocenters. The fraction of sp³-hybridized carbons (Fsp3) is 0.321. The van der Waals surface area contributed by atoms with Gasteiger partial charge in [0, 0.05) is 13.1 Å². The number of likely N-dealkylation sites (tertiary alicyclic amines) is 1. The number of halogens is 2. The molecular formula is C28H29F2NO4. The lowest BCUT2D eigenvalue weighted by Crippen LogP contribution is -2.42. The number of ether oxygens (including phenoxy) is 2. The number of carbonyl (C=O) groups is 1. The molecule has 7 heteroatoms. The Bertz CT molecular complexity index is 1070. The quantitative estimate of drug-likeness (QED) is 0.432. The summed E-state index contributed by atoms with van der Waals surface area (Å²) in [4.78, 5) is 13.6. The van der Waals surface area contributed by atoms with Crippen LogP contribution in [0.15, 0.2) is 72.8 Å². The molecule has 1 aliphatic rings. The predicted octanol–water partition coefficient (Wildman–Crippen LogP) is 5.08. The van der Waals surface area contributed by atoms with Gasteiger partial charge in [0.1, 0.15) is 23.0 Å². The monoisotopic (exact) mass is 481 g/mol. The minimum Gasteiger partial charge on any atom is -0.497 e. The van der Waals surface area contributed by atoms with Gasteiger partial charge in [-0.3, -0.25) is 4.79 Å². The van der Waals surface area contributed by atoms with Gasteiger partial charge in [0.15, 0.2) is 0 Å². The molecule has 1 N–H and O–H groups in total. The molecule has 35 heavy (non-hydrogen) atoms. The third kappa shape index (κ3) is 5.52. The van der Waals surface area contributed by atoms with Gasteiger partial charge in [0.05, 0.1) is 19.6 Å². The molecule has 0 saturated carbocycles. The number of carboxylic acids is 1. The number of aliphatic carboxylic acids is 1. The lowest BCUT2D eigenvalue weighted by molar-refractivity contribution is -0.143. The largest absolute Gasteiger partial charge is 0.497 e. The lowest BCUT2D eigenvalue weighted by atomic mass is 9.80. The van der Waals surface area contributed by atoms with Crippen molar-refractivity contribution in [1.29, 1.82) is 0 Å². The maximum atomic E-state index is 13.9. The molecule has 1 atom stereocenters. The summed E-state index contributed by atoms with van der Waals surface area (Å²) in [6.07, 6.45) is 1.49. The minimum atomic E-state index is -1.14. The number of hydrogen-bond donors (Lipinski definition) is 1. The Hall–Kier alpha value is -3.29. The highest BCUT2D eigenvalue weighted by atomic mass is 19.1. The summed E-state index contributed by atoms with van der Waals surface area (Å²) in [6, 6.07) is 19.6. The van der Waals surface area contributed by atoms with Gasteiger partial charge in [0.2, 0.25) is 0 Å². The van der Waals surface area contributed by atoms with Crippen LogP contribution in [-0.2, 0) is 15.1 Å². The van der Waals surface area contributed by atoms with Crippen molar-refractivity contribution in [3.8, 4) is 5.75 Å². The van der Waals surface area contributed by atoms with Crippen molar-refractivity contribution in [1.82, 2.24) is 4.90 Å². The van der Waals surface area contributed by atoms with E-state index in [1.807, 2.05) is 24.3 Å². The van der Waals surface area contributed by atoms with Crippen LogP contribution in [0.5, 0.6) is 5.75 Å². The molecule has 5 nitrogen and oxygen atoms in total. The van der Waals surface area contributed by atoms with Gasteiger partial charge in [-0.05, 0) is 72.5 Å². The number of carboxylic acid groups (broad SMARTS) is 1. The van der Waals surface area contributed by atoms with Crippen LogP contribution in [0.3, 0.4) is 0 Å². The summed E-state index contributed by atoms with van der Waals surface area (Å²) in [5, 5.41) is 9.41. The maximum absolute atomic E-state index is 13.9. The van der Waals surface area contributed by atoms with Crippen molar-refractivity contribution in [2.24, 2.45) is 5.92 Å². The molecule has 0 bridgehead atoms. The summed E-state index contributed by atoms with van der Waals surface area (Å²) in [5.41, 5.74) is 1.02. The maximum Gasteiger partial charge on any atom is 0.307 e. The van der Waals surface area contributed by atoms with Crippen LogP contribution >= 0.6 is 0 Å². The first-order valence-electron chi connectivity index (χ1n) is 11.7. The summed E-state index contributed by atoms with van der Waals surface area (Å²) in [6.45, 7) is 2.09. The van der Waals surface area contributed by atoms with E-state index in [-0.39, 0.29) is 24.2 Å². The van der Waals surface area contributed by atoms with Crippen molar-refractivity contribution in [2.45, 2.75) is 18.4 Å². The van der Waals surface area contributed by atoms with Crippen molar-refractivity contribution >= 4 is 5.97 Å². The van der Waals surface area contributed by atoms with Gasteiger partial charge in [-0.2, -0.15) is 0 Å². The fourth-order valence-electron chi connectivity index (χ4n) is 4.73. The highest BCUT2D eigenvalue weighted by Gasteiger charge is 2.38. The van der Waals surface area contributed by atoms with Gasteiger partial charge in [-0.1, -0.05) is 36.4 Å². The Labute approximate surface area is 203 Å². The summed E-state index contributed by atoms with van der Waals surface area (Å²) in [7, 11) is 1.59. The lowest BCUT2D eigenvalue weighted by Gasteiger charge is -2.37. The average Bonchev–Trinajstić information content (AvgIpc) is 2.88. The van der Waals surface area contributed by atoms with Gasteiger partial charge in [-0.15, -0.1) is 0 Å². The van der Waals surface area contributed by atoms with E-state index in [9.17, 15) is 18.7 Å². The van der Waals surface area contributed by atoms with Gasteiger partial charge >= 0.3 is 5.97 Å². The molecule has 1 fully saturated rings. The smallest absolute Gasteiger partial charge is 0.307 e. The number of hydrogen-bond acceptors (Lipinski definition) is 4. The van der Waals surface area contributed by atoms with E-state index >= 15 is 0 Å². The van der Waals surface area contributed by atoms with Gasteiger partial charge in [0.25, 0.3) is 0 Å². The molecule has 0 amide bonds. The van der Waals surface area contributed by atoms with Crippen LogP contribution in [0.2, 0.25) is 0 Å². The number of benzene rings is 3. The predicted molar refractivity (Wildman–Crippen MR) is 128 cm³/mol. The fourth-order valence-corrected chi connectivity index (χ4v) is 4.73. The molecule has 4 rings (SSSR count). The topological polar surface area (TPSA) is 59.0 Å². The third-order valence-electron chi connectivity index (χ3n) is 6.58. The minimum absolute atomic E-state index is 0.285. The summed E-state index contributed by atoms with van der Waals surface area (Å²) >= 11 is 0. The van der Waals surface area contributed by atoms with Crippen LogP contribution in [0.1, 0.15) is 29.5 Å². The molecule has 3 aromatic carbocycles. The Morgan fingerprint density at radius 2 is 1.46 bits per heavy atom. The second kappa shape index (κ2) is 11.0. The Balaban J connectivity index is 1.72. The Morgan fingerprint density at radius 3 is 1.94 bits per heavy atom. The Kier molecular flexibility index (Phi) is 7.78. The zero-order valence-electron chi connectivity index (χ0n) is 19.6. The summed E-state index contributed by atoms with van der Waals surface area (Å²) < 4.78 is 39.7. The third-order valence-corrected chi connectivity index (χ3v) is 6.58. The number of rotatable bonds is 9. The number of piperidine rings is 1. The first-order chi connectivity index (χ1) is 16.9. The highest BCUT2D eigenvalue weighted by molar-refractivity contribution is 5.70. The average molecular weight is 482 g/mol. The van der Waals surface area contributed by atoms with E-state index in [1.165, 1.54) is 24.3 Å². The molecule has 0 aromatic heterocycles. The van der Waals surface area contributed by atoms with Crippen LogP contribution in [-0.4, -0.2) is 49.3 Å². The molecule has 184 valence electrons. The zero-order chi connectivity index (χ0) is 24.8. The number of nitrogens with zero attached hydrogens (tertiary/aromatic N) is 1. The van der Waals surface area contributed by atoms with Crippen LogP contribution in [0, 0.1) is 17.6 Å². The van der Waals surface area contributed by atoms with Gasteiger partial charge < -0.3 is 19.5 Å². The molecule has 3 aromatic rings. The van der Waals surface area contributed by atoms with Crippen LogP contribution < -0.4 is 4.74 Å². The first-order valence-corrected chi connectivity index (χ1v) is 11.7. The molecule has 0 spiro atoms. The van der Waals surface area contributed by atoms with E-state index in [0.29, 0.717) is 36.4 Å². The van der Waals surface area contributed by atoms with E-state index in [4.69, 9.17) is 9.47 Å². The molecule has 1 aliphatic heterocycles. The highest BCUT2D eigenvalue weighted by Crippen LogP contribution is 2.41. The second-order valence-corrected chi connectivity index (χ2v) is 8.75. The second-order valence-electron chi connectivity index (χ2n) is 8.75. The zero-order valence-corrected chi connectivity index (χ0v) is 19.6. The molecule has 1 saturated heterocycles. The van der Waals surface area contributed by atoms with Crippen molar-refractivity contribution in [3.05, 3.63) is 101 Å². The molecule has 1 heterocycles. The van der Waals surface area contributed by atoms with E-state index in [1.54, 1.807) is 31.4 Å². The molecular weight excluding hydrogens is 452 g/mol. The first kappa shape index (κ1) is 24.8. The normalized spacial score (nSPS) is 16.7. The molecule has 0 aliphatic carbocycles. The van der Waals surface area contributed by atoms with Gasteiger partial charge in [-0.25, -0.2) is 8.78 Å². The number of methoxy groups -OCH3 is 1. The van der Waals surface area contributed by atoms with Crippen molar-refractivity contribution in [3.63, 3.8) is 0 Å². The van der Waals surface area contributed by atoms with Crippen molar-refractivity contribution < 1.29 is 28.2 Å². The SMILES string of the molecule is COc1ccc(C(OCCN2CCCC(C(=O)O)C2)(c2ccc(F)cc2)c2ccc(F)cc2)cc1. The standard InChI is InChI=1S/C28H29F2NO4/c1-34-26-14-8-23(9-15-26)28(21-4-10-24(29)11-5-21,22-6-12-25(30)13-7-22)35-18-17-31-16-2-3-20(19-31)27(32)33/h4-15,20H,2-3,16-19H2,1H3,(H,32,33). The Morgan fingerprint density at radius 1 is 0.943 bits per heavy atom. The van der Waals surface area contributed by atoms with E-state index in [2.05, 4.69) is 4.90 Å². The van der Waals surface area contributed by atoms with E-state index in [0.717, 1.165) is 18.5 Å². The molecule has 0 radical (unpaired) electrons. The van der Waals surface area contributed by atoms with Crippen molar-refractivity contribution in [2.75, 3.05) is 33.4 Å². The van der Waals surface area contributed by atoms with Crippen LogP contribution in [0.4, 0.5) is 8.78 Å². The van der Waals surface area contributed by atoms with E-state index < -0.39 is 11.6 Å². The van der Waals surface area contributed by atoms with Crippen LogP contribution in [0.25, 0.3) is 0 Å². The summed E-state index contributed by atoms with van der Waals surface area (Å²) in [5.74, 6) is -1.23.